The number of hydrogen-bond donors (Lipinski definition) is 5. The molecule has 5 N–H and O–H groups in total. The normalized spacial score (nSPS) is 13.1. The molecule has 0 aromatic rings. The number of unbranched alkanes of at least 4 members (excludes halogenated alkanes) is 8. The molecule has 12 heteroatoms. The molecule has 288 valence electrons. The van der Waals surface area contributed by atoms with E-state index in [1.807, 2.05) is 0 Å². The highest BCUT2D eigenvalue weighted by molar-refractivity contribution is 5.90. The highest BCUT2D eigenvalue weighted by Crippen LogP contribution is 2.11. The molecule has 2 unspecified atom stereocenters. The Hall–Kier alpha value is -3.57. The smallest absolute Gasteiger partial charge is 0.407 e. The van der Waals surface area contributed by atoms with Gasteiger partial charge in [-0.1, -0.05) is 63.3 Å². The molecule has 0 heterocycles. The summed E-state index contributed by atoms with van der Waals surface area (Å²) in [4.78, 5) is 61.8. The van der Waals surface area contributed by atoms with E-state index in [4.69, 9.17) is 9.47 Å². The number of alkyl carbamates (subject to hydrolysis) is 2. The molecule has 12 nitrogen and oxygen atoms in total. The molecule has 0 saturated carbocycles. The number of amides is 4. The van der Waals surface area contributed by atoms with Crippen LogP contribution in [0.5, 0.6) is 0 Å². The van der Waals surface area contributed by atoms with Crippen LogP contribution in [0.15, 0.2) is 24.3 Å². The van der Waals surface area contributed by atoms with Crippen LogP contribution in [-0.4, -0.2) is 71.5 Å². The summed E-state index contributed by atoms with van der Waals surface area (Å²) in [5.41, 5.74) is -1.32. The Kier molecular flexibility index (Phi) is 25.2. The summed E-state index contributed by atoms with van der Waals surface area (Å²) in [5.74, 6) is -2.13. The molecule has 0 saturated heterocycles. The van der Waals surface area contributed by atoms with E-state index in [2.05, 4.69) is 52.5 Å². The molecule has 0 aliphatic carbocycles. The molecule has 0 spiro atoms. The minimum atomic E-state index is -1.22. The Bertz CT molecular complexity index is 1050. The van der Waals surface area contributed by atoms with Gasteiger partial charge in [-0.3, -0.25) is 9.59 Å². The van der Waals surface area contributed by atoms with E-state index in [0.717, 1.165) is 44.9 Å². The number of nitrogens with one attached hydrogen (secondary N) is 4. The van der Waals surface area contributed by atoms with E-state index >= 15 is 0 Å². The molecular formula is C38H68N4O8. The maximum absolute atomic E-state index is 13.2. The fourth-order valence-corrected chi connectivity index (χ4v) is 4.78. The van der Waals surface area contributed by atoms with Crippen LogP contribution in [0.4, 0.5) is 9.59 Å². The second kappa shape index (κ2) is 27.2. The Balaban J connectivity index is 4.81. The Morgan fingerprint density at radius 3 is 1.60 bits per heavy atom. The monoisotopic (exact) mass is 709 g/mol. The highest BCUT2D eigenvalue weighted by atomic mass is 16.6. The van der Waals surface area contributed by atoms with E-state index in [-0.39, 0.29) is 44.7 Å². The zero-order valence-electron chi connectivity index (χ0n) is 32.0. The molecule has 50 heavy (non-hydrogen) atoms. The lowest BCUT2D eigenvalue weighted by molar-refractivity contribution is -0.142. The van der Waals surface area contributed by atoms with Gasteiger partial charge < -0.3 is 35.8 Å². The molecule has 0 aliphatic rings. The molecule has 0 fully saturated rings. The predicted molar refractivity (Wildman–Crippen MR) is 198 cm³/mol. The van der Waals surface area contributed by atoms with Crippen molar-refractivity contribution >= 4 is 30.0 Å². The van der Waals surface area contributed by atoms with E-state index in [1.54, 1.807) is 41.5 Å². The molecule has 4 amide bonds. The van der Waals surface area contributed by atoms with E-state index in [1.165, 1.54) is 19.3 Å². The summed E-state index contributed by atoms with van der Waals surface area (Å²) in [6.45, 7) is 13.1. The lowest BCUT2D eigenvalue weighted by atomic mass is 10.1. The number of ether oxygens (including phenoxy) is 2. The lowest BCUT2D eigenvalue weighted by Gasteiger charge is -2.22. The van der Waals surface area contributed by atoms with Gasteiger partial charge in [0.15, 0.2) is 0 Å². The summed E-state index contributed by atoms with van der Waals surface area (Å²) in [6, 6.07) is -2.20. The second-order valence-electron chi connectivity index (χ2n) is 14.6. The molecule has 0 aliphatic heterocycles. The van der Waals surface area contributed by atoms with Crippen molar-refractivity contribution in [2.45, 2.75) is 174 Å². The van der Waals surface area contributed by atoms with Gasteiger partial charge in [-0.05, 0) is 106 Å². The topological polar surface area (TPSA) is 172 Å². The van der Waals surface area contributed by atoms with Crippen LogP contribution in [0.25, 0.3) is 0 Å². The third kappa shape index (κ3) is 29.4. The summed E-state index contributed by atoms with van der Waals surface area (Å²) < 4.78 is 10.4. The standard InChI is InChI=1S/C38H68N4O8/c1-8-9-10-11-12-13-14-15-16-17-18-19-20-21-22-27-32(43)41-30(25-23-28-39-35(47)49-37(2,3)4)33(44)42-31(34(45)46)26-24-29-40-36(48)50-38(5,6)7/h12-13,15-16,30-31H,8-11,14,17-29H2,1-7H3,(H,39,47)(H,40,48)(H,41,43)(H,42,44)(H,45,46)/b13-12-,16-15-. The Morgan fingerprint density at radius 1 is 0.620 bits per heavy atom. The number of carboxylic acid groups (broad SMARTS) is 1. The largest absolute Gasteiger partial charge is 0.480 e. The molecular weight excluding hydrogens is 640 g/mol. The van der Waals surface area contributed by atoms with Gasteiger partial charge in [-0.2, -0.15) is 0 Å². The van der Waals surface area contributed by atoms with Crippen LogP contribution in [-0.2, 0) is 23.9 Å². The third-order valence-electron chi connectivity index (χ3n) is 7.30. The van der Waals surface area contributed by atoms with E-state index in [9.17, 15) is 29.1 Å². The van der Waals surface area contributed by atoms with Crippen molar-refractivity contribution in [3.63, 3.8) is 0 Å². The number of aliphatic carboxylic acids is 1. The number of carboxylic acids is 1. The number of hydrogen-bond acceptors (Lipinski definition) is 7. The lowest BCUT2D eigenvalue weighted by Crippen LogP contribution is -2.52. The molecule has 0 aromatic heterocycles. The van der Waals surface area contributed by atoms with Crippen molar-refractivity contribution in [2.24, 2.45) is 0 Å². The number of rotatable bonds is 26. The van der Waals surface area contributed by atoms with Crippen LogP contribution in [0.3, 0.4) is 0 Å². The number of carbonyl (C=O) groups excluding carboxylic acids is 4. The second-order valence-corrected chi connectivity index (χ2v) is 14.6. The first-order chi connectivity index (χ1) is 23.5. The van der Waals surface area contributed by atoms with Crippen LogP contribution in [0, 0.1) is 0 Å². The predicted octanol–water partition coefficient (Wildman–Crippen LogP) is 7.46. The minimum absolute atomic E-state index is 0.0592. The fraction of sp³-hybridized carbons (Fsp3) is 0.763. The van der Waals surface area contributed by atoms with Gasteiger partial charge in [0.1, 0.15) is 23.3 Å². The summed E-state index contributed by atoms with van der Waals surface area (Å²) in [6.07, 6.45) is 20.6. The van der Waals surface area contributed by atoms with Crippen LogP contribution in [0.2, 0.25) is 0 Å². The van der Waals surface area contributed by atoms with Gasteiger partial charge >= 0.3 is 18.2 Å². The first-order valence-corrected chi connectivity index (χ1v) is 18.6. The van der Waals surface area contributed by atoms with Crippen molar-refractivity contribution in [3.8, 4) is 0 Å². The molecule has 0 radical (unpaired) electrons. The summed E-state index contributed by atoms with van der Waals surface area (Å²) >= 11 is 0. The van der Waals surface area contributed by atoms with Gasteiger partial charge in [-0.15, -0.1) is 0 Å². The zero-order valence-corrected chi connectivity index (χ0v) is 32.0. The van der Waals surface area contributed by atoms with Gasteiger partial charge in [0.05, 0.1) is 0 Å². The van der Waals surface area contributed by atoms with Gasteiger partial charge in [0.2, 0.25) is 11.8 Å². The van der Waals surface area contributed by atoms with Crippen LogP contribution in [0.1, 0.15) is 151 Å². The molecule has 0 bridgehead atoms. The average molecular weight is 709 g/mol. The number of allylic oxidation sites excluding steroid dienone is 4. The quantitative estimate of drug-likeness (QED) is 0.0455. The van der Waals surface area contributed by atoms with Gasteiger partial charge in [-0.25, -0.2) is 14.4 Å². The van der Waals surface area contributed by atoms with Gasteiger partial charge in [0.25, 0.3) is 0 Å². The minimum Gasteiger partial charge on any atom is -0.480 e. The first-order valence-electron chi connectivity index (χ1n) is 18.6. The van der Waals surface area contributed by atoms with Crippen molar-refractivity contribution < 1.29 is 38.6 Å². The maximum Gasteiger partial charge on any atom is 0.407 e. The molecule has 2 atom stereocenters. The summed E-state index contributed by atoms with van der Waals surface area (Å²) in [5, 5.41) is 20.2. The van der Waals surface area contributed by atoms with Crippen molar-refractivity contribution in [1.82, 2.24) is 21.3 Å². The number of carbonyl (C=O) groups is 5. The highest BCUT2D eigenvalue weighted by Gasteiger charge is 2.26. The Labute approximate surface area is 301 Å². The fourth-order valence-electron chi connectivity index (χ4n) is 4.78. The van der Waals surface area contributed by atoms with Crippen LogP contribution >= 0.6 is 0 Å². The maximum atomic E-state index is 13.2. The van der Waals surface area contributed by atoms with Crippen LogP contribution < -0.4 is 21.3 Å². The van der Waals surface area contributed by atoms with Crippen molar-refractivity contribution in [1.29, 1.82) is 0 Å². The SMILES string of the molecule is CCCCC/C=C\C/C=C\CCCCCCCC(=O)NC(CCCNC(=O)OC(C)(C)C)C(=O)NC(CCCNC(=O)OC(C)(C)C)C(=O)O. The van der Waals surface area contributed by atoms with Crippen molar-refractivity contribution in [3.05, 3.63) is 24.3 Å². The zero-order chi connectivity index (χ0) is 37.8. The van der Waals surface area contributed by atoms with Crippen molar-refractivity contribution in [2.75, 3.05) is 13.1 Å². The summed E-state index contributed by atoms with van der Waals surface area (Å²) in [7, 11) is 0. The third-order valence-corrected chi connectivity index (χ3v) is 7.30. The first kappa shape index (κ1) is 46.4. The Morgan fingerprint density at radius 2 is 1.10 bits per heavy atom. The average Bonchev–Trinajstić information content (AvgIpc) is 3.00. The molecule has 0 rings (SSSR count). The van der Waals surface area contributed by atoms with E-state index in [0.29, 0.717) is 12.8 Å². The molecule has 0 aromatic carbocycles. The van der Waals surface area contributed by atoms with E-state index < -0.39 is 47.3 Å². The van der Waals surface area contributed by atoms with Gasteiger partial charge in [0, 0.05) is 19.5 Å².